The molecule has 11 heavy (non-hydrogen) atoms. The van der Waals surface area contributed by atoms with E-state index in [-0.39, 0.29) is 10.8 Å². The van der Waals surface area contributed by atoms with Gasteiger partial charge in [0.2, 0.25) is 0 Å². The quantitative estimate of drug-likeness (QED) is 0.749. The lowest BCUT2D eigenvalue weighted by Crippen LogP contribution is -2.24. The second kappa shape index (κ2) is 5.71. The van der Waals surface area contributed by atoms with Crippen LogP contribution < -0.4 is 0 Å². The highest BCUT2D eigenvalue weighted by Gasteiger charge is 2.20. The van der Waals surface area contributed by atoms with Gasteiger partial charge in [-0.1, -0.05) is 0 Å². The summed E-state index contributed by atoms with van der Waals surface area (Å²) in [7, 11) is 0. The van der Waals surface area contributed by atoms with E-state index in [0.29, 0.717) is 6.42 Å². The van der Waals surface area contributed by atoms with Crippen LogP contribution in [0.5, 0.6) is 0 Å². The minimum Gasteiger partial charge on any atom is -0.390 e. The Balaban J connectivity index is 3.66. The minimum absolute atomic E-state index is 0.196. The van der Waals surface area contributed by atoms with Gasteiger partial charge in [0.1, 0.15) is 4.84 Å². The summed E-state index contributed by atoms with van der Waals surface area (Å²) in [6.45, 7) is 1.75. The third kappa shape index (κ3) is 5.37. The smallest absolute Gasteiger partial charge is 0.133 e. The van der Waals surface area contributed by atoms with Crippen LogP contribution in [0.3, 0.4) is 0 Å². The van der Waals surface area contributed by atoms with Crippen LogP contribution in [-0.2, 0) is 0 Å². The van der Waals surface area contributed by atoms with Gasteiger partial charge in [0.25, 0.3) is 0 Å². The molecule has 0 amide bonds. The van der Waals surface area contributed by atoms with Crippen molar-refractivity contribution in [3.8, 4) is 0 Å². The Labute approximate surface area is 86.6 Å². The van der Waals surface area contributed by atoms with Gasteiger partial charge < -0.3 is 5.11 Å². The average Bonchev–Trinajstić information content (AvgIpc) is 1.87. The fourth-order valence-corrected chi connectivity index (χ4v) is 1.01. The van der Waals surface area contributed by atoms with Crippen molar-refractivity contribution in [2.75, 3.05) is 0 Å². The van der Waals surface area contributed by atoms with E-state index in [1.807, 2.05) is 0 Å². The molecule has 0 rings (SSSR count). The fraction of sp³-hybridized carbons (Fsp3) is 1.00. The van der Waals surface area contributed by atoms with E-state index in [2.05, 4.69) is 0 Å². The lowest BCUT2D eigenvalue weighted by molar-refractivity contribution is 0.177. The van der Waals surface area contributed by atoms with Gasteiger partial charge in [0.15, 0.2) is 0 Å². The van der Waals surface area contributed by atoms with Gasteiger partial charge in [-0.2, -0.15) is 0 Å². The summed E-state index contributed by atoms with van der Waals surface area (Å²) >= 11 is 22.2. The van der Waals surface area contributed by atoms with Crippen LogP contribution in [0.15, 0.2) is 0 Å². The largest absolute Gasteiger partial charge is 0.390 e. The van der Waals surface area contributed by atoms with Crippen molar-refractivity contribution >= 4 is 46.4 Å². The van der Waals surface area contributed by atoms with Crippen molar-refractivity contribution in [3.05, 3.63) is 0 Å². The molecule has 0 aromatic heterocycles. The van der Waals surface area contributed by atoms with Gasteiger partial charge in [-0.25, -0.2) is 0 Å². The van der Waals surface area contributed by atoms with Crippen molar-refractivity contribution in [1.29, 1.82) is 0 Å². The maximum atomic E-state index is 9.14. The topological polar surface area (TPSA) is 20.2 Å². The Morgan fingerprint density at radius 2 is 1.64 bits per heavy atom. The van der Waals surface area contributed by atoms with Crippen molar-refractivity contribution in [2.45, 2.75) is 35.0 Å². The molecule has 0 aromatic rings. The average molecular weight is 240 g/mol. The summed E-state index contributed by atoms with van der Waals surface area (Å²) in [5.41, 5.74) is 0. The highest BCUT2D eigenvalue weighted by Crippen LogP contribution is 2.20. The first-order chi connectivity index (χ1) is 4.95. The fourth-order valence-electron chi connectivity index (χ4n) is 0.521. The van der Waals surface area contributed by atoms with Gasteiger partial charge in [-0.3, -0.25) is 0 Å². The number of aliphatic hydroxyl groups excluding tert-OH is 1. The van der Waals surface area contributed by atoms with E-state index in [9.17, 15) is 0 Å². The Morgan fingerprint density at radius 1 is 1.18 bits per heavy atom. The zero-order valence-corrected chi connectivity index (χ0v) is 9.00. The van der Waals surface area contributed by atoms with Crippen LogP contribution >= 0.6 is 46.4 Å². The van der Waals surface area contributed by atoms with Crippen LogP contribution in [0.1, 0.15) is 13.3 Å². The highest BCUT2D eigenvalue weighted by molar-refractivity contribution is 6.44. The number of halogens is 4. The molecule has 0 aromatic carbocycles. The maximum Gasteiger partial charge on any atom is 0.133 e. The second-order valence-electron chi connectivity index (χ2n) is 2.33. The zero-order chi connectivity index (χ0) is 9.02. The zero-order valence-electron chi connectivity index (χ0n) is 5.98. The molecule has 1 N–H and O–H groups in total. The van der Waals surface area contributed by atoms with Gasteiger partial charge in [0, 0.05) is 5.38 Å². The molecule has 0 saturated heterocycles. The van der Waals surface area contributed by atoms with Gasteiger partial charge >= 0.3 is 0 Å². The predicted molar refractivity (Wildman–Crippen MR) is 51.1 cm³/mol. The molecule has 0 aliphatic carbocycles. The summed E-state index contributed by atoms with van der Waals surface area (Å²) < 4.78 is 0. The summed E-state index contributed by atoms with van der Waals surface area (Å²) in [4.78, 5) is -0.799. The Hall–Kier alpha value is 1.12. The molecule has 5 heteroatoms. The second-order valence-corrected chi connectivity index (χ2v) is 4.74. The van der Waals surface area contributed by atoms with Crippen molar-refractivity contribution in [2.24, 2.45) is 0 Å². The molecule has 0 aliphatic rings. The molecule has 0 fully saturated rings. The maximum absolute atomic E-state index is 9.14. The van der Waals surface area contributed by atoms with Crippen LogP contribution in [0.2, 0.25) is 0 Å². The van der Waals surface area contributed by atoms with Gasteiger partial charge in [-0.05, 0) is 13.3 Å². The predicted octanol–water partition coefficient (Wildman–Crippen LogP) is 2.78. The normalized spacial score (nSPS) is 19.9. The van der Waals surface area contributed by atoms with E-state index in [1.54, 1.807) is 6.92 Å². The van der Waals surface area contributed by atoms with Crippen molar-refractivity contribution in [3.63, 3.8) is 0 Å². The number of rotatable bonds is 4. The molecule has 0 aliphatic heterocycles. The first-order valence-electron chi connectivity index (χ1n) is 3.19. The lowest BCUT2D eigenvalue weighted by atomic mass is 10.2. The third-order valence-corrected chi connectivity index (χ3v) is 2.83. The van der Waals surface area contributed by atoms with E-state index in [4.69, 9.17) is 51.5 Å². The van der Waals surface area contributed by atoms with Gasteiger partial charge in [-0.15, -0.1) is 46.4 Å². The number of hydrogen-bond acceptors (Lipinski definition) is 1. The van der Waals surface area contributed by atoms with Crippen LogP contribution in [0.25, 0.3) is 0 Å². The molecule has 0 radical (unpaired) electrons. The molecule has 3 unspecified atom stereocenters. The molecule has 0 spiro atoms. The monoisotopic (exact) mass is 238 g/mol. The van der Waals surface area contributed by atoms with E-state index >= 15 is 0 Å². The molecular formula is C6H10Cl4O. The first kappa shape index (κ1) is 12.1. The molecule has 68 valence electrons. The molecular weight excluding hydrogens is 230 g/mol. The minimum atomic E-state index is -0.804. The Bertz CT molecular complexity index is 94.8. The molecule has 1 nitrogen and oxygen atoms in total. The van der Waals surface area contributed by atoms with E-state index in [1.165, 1.54) is 0 Å². The van der Waals surface area contributed by atoms with Gasteiger partial charge in [0.05, 0.1) is 11.5 Å². The van der Waals surface area contributed by atoms with E-state index < -0.39 is 10.9 Å². The molecule has 0 saturated carbocycles. The van der Waals surface area contributed by atoms with Crippen LogP contribution in [0, 0.1) is 0 Å². The van der Waals surface area contributed by atoms with Crippen LogP contribution in [-0.4, -0.2) is 26.8 Å². The highest BCUT2D eigenvalue weighted by atomic mass is 35.5. The lowest BCUT2D eigenvalue weighted by Gasteiger charge is -2.16. The third-order valence-electron chi connectivity index (χ3n) is 1.26. The Morgan fingerprint density at radius 3 is 1.91 bits per heavy atom. The van der Waals surface area contributed by atoms with Crippen molar-refractivity contribution < 1.29 is 5.11 Å². The van der Waals surface area contributed by atoms with E-state index in [0.717, 1.165) is 0 Å². The summed E-state index contributed by atoms with van der Waals surface area (Å²) in [5, 5.41) is 8.64. The first-order valence-corrected chi connectivity index (χ1v) is 4.94. The summed E-state index contributed by atoms with van der Waals surface area (Å²) in [6.07, 6.45) is -0.494. The Kier molecular flexibility index (Phi) is 6.29. The summed E-state index contributed by atoms with van der Waals surface area (Å²) in [5.74, 6) is 0. The molecule has 0 heterocycles. The SMILES string of the molecule is CC(Cl)C(Cl)CC(O)C(Cl)Cl. The molecule has 0 bridgehead atoms. The standard InChI is InChI=1S/C6H10Cl4O/c1-3(7)4(8)2-5(11)6(9)10/h3-6,11H,2H2,1H3. The number of hydrogen-bond donors (Lipinski definition) is 1. The number of alkyl halides is 4. The van der Waals surface area contributed by atoms with Crippen LogP contribution in [0.4, 0.5) is 0 Å². The number of aliphatic hydroxyl groups is 1. The summed E-state index contributed by atoms with van der Waals surface area (Å²) in [6, 6.07) is 0. The van der Waals surface area contributed by atoms with Crippen molar-refractivity contribution in [1.82, 2.24) is 0 Å². The molecule has 3 atom stereocenters.